The summed E-state index contributed by atoms with van der Waals surface area (Å²) in [4.78, 5) is 11.8. The van der Waals surface area contributed by atoms with Crippen molar-refractivity contribution in [3.8, 4) is 0 Å². The molecule has 142 valence electrons. The molecule has 0 unspecified atom stereocenters. The Morgan fingerprint density at radius 1 is 1.20 bits per heavy atom. The summed E-state index contributed by atoms with van der Waals surface area (Å²) in [6.45, 7) is 4.63. The van der Waals surface area contributed by atoms with E-state index in [-0.39, 0.29) is 35.9 Å². The largest absolute Gasteiger partial charge is 0.458 e. The van der Waals surface area contributed by atoms with Gasteiger partial charge in [0.05, 0.1) is 12.2 Å². The molecule has 0 aromatic carbocycles. The molecule has 3 rings (SSSR count). The molecule has 0 saturated heterocycles. The van der Waals surface area contributed by atoms with Crippen LogP contribution in [0.4, 0.5) is 0 Å². The average Bonchev–Trinajstić information content (AvgIpc) is 2.99. The number of cyclic esters (lactones) is 1. The summed E-state index contributed by atoms with van der Waals surface area (Å²) in [6, 6.07) is 0. The molecular formula is C20H32O5. The fraction of sp³-hybridized carbons (Fsp3) is 0.850. The highest BCUT2D eigenvalue weighted by molar-refractivity contribution is 5.90. The smallest absolute Gasteiger partial charge is 0.334 e. The molecule has 2 fully saturated rings. The summed E-state index contributed by atoms with van der Waals surface area (Å²) in [5, 5.41) is 31.2. The number of ether oxygens (including phenoxy) is 1. The number of rotatable bonds is 5. The maximum absolute atomic E-state index is 11.8. The minimum Gasteiger partial charge on any atom is -0.458 e. The first-order valence-electron chi connectivity index (χ1n) is 9.59. The number of hydrogen-bond acceptors (Lipinski definition) is 5. The molecular weight excluding hydrogens is 320 g/mol. The standard InChI is InChI=1S/C20H32O5/c1-18(12-21)8-3-9-19(2)15(18)6-10-20(24,13-22)16(19)5-4-14-7-11-25-17(14)23/h7,15-16,21-22,24H,3-6,8-13H2,1-2H3/t15-,16-,18-,19+,20+/m0/s1. The third-order valence-electron chi connectivity index (χ3n) is 7.55. The van der Waals surface area contributed by atoms with Crippen LogP contribution in [-0.4, -0.2) is 46.7 Å². The number of aliphatic hydroxyl groups is 3. The Hall–Kier alpha value is -0.910. The van der Waals surface area contributed by atoms with E-state index in [2.05, 4.69) is 13.8 Å². The minimum absolute atomic E-state index is 0.0933. The van der Waals surface area contributed by atoms with Crippen LogP contribution in [0.25, 0.3) is 0 Å². The lowest BCUT2D eigenvalue weighted by Gasteiger charge is -2.62. The maximum Gasteiger partial charge on any atom is 0.334 e. The van der Waals surface area contributed by atoms with Crippen molar-refractivity contribution in [2.45, 2.75) is 64.4 Å². The number of carbonyl (C=O) groups is 1. The van der Waals surface area contributed by atoms with Crippen molar-refractivity contribution in [1.29, 1.82) is 0 Å². The van der Waals surface area contributed by atoms with E-state index in [1.54, 1.807) is 0 Å². The van der Waals surface area contributed by atoms with E-state index in [9.17, 15) is 20.1 Å². The van der Waals surface area contributed by atoms with E-state index in [0.29, 0.717) is 37.4 Å². The molecule has 1 aliphatic heterocycles. The summed E-state index contributed by atoms with van der Waals surface area (Å²) in [7, 11) is 0. The highest BCUT2D eigenvalue weighted by Gasteiger charge is 2.59. The zero-order chi connectivity index (χ0) is 18.3. The molecule has 3 aliphatic rings. The van der Waals surface area contributed by atoms with E-state index in [1.165, 1.54) is 0 Å². The topological polar surface area (TPSA) is 87.0 Å². The zero-order valence-corrected chi connectivity index (χ0v) is 15.5. The Balaban J connectivity index is 1.88. The van der Waals surface area contributed by atoms with Gasteiger partial charge in [0.2, 0.25) is 0 Å². The van der Waals surface area contributed by atoms with Crippen molar-refractivity contribution in [2.75, 3.05) is 19.8 Å². The van der Waals surface area contributed by atoms with Gasteiger partial charge in [0.1, 0.15) is 6.61 Å². The Morgan fingerprint density at radius 3 is 2.56 bits per heavy atom. The van der Waals surface area contributed by atoms with Gasteiger partial charge >= 0.3 is 5.97 Å². The van der Waals surface area contributed by atoms with Gasteiger partial charge in [-0.2, -0.15) is 0 Å². The van der Waals surface area contributed by atoms with Crippen LogP contribution in [0.2, 0.25) is 0 Å². The molecule has 2 aliphatic carbocycles. The van der Waals surface area contributed by atoms with Gasteiger partial charge in [-0.05, 0) is 67.3 Å². The van der Waals surface area contributed by atoms with Crippen LogP contribution >= 0.6 is 0 Å². The van der Waals surface area contributed by atoms with Crippen LogP contribution in [0, 0.1) is 22.7 Å². The Bertz CT molecular complexity index is 558. The predicted molar refractivity (Wildman–Crippen MR) is 93.7 cm³/mol. The fourth-order valence-corrected chi connectivity index (χ4v) is 6.17. The lowest BCUT2D eigenvalue weighted by Crippen LogP contribution is -2.61. The SMILES string of the molecule is C[C@@]1(CO)CCC[C@@]2(C)[C@H](CCC3=CCOC3=O)[C@](O)(CO)CC[C@@H]12. The molecule has 5 nitrogen and oxygen atoms in total. The number of carbonyl (C=O) groups excluding carboxylic acids is 1. The highest BCUT2D eigenvalue weighted by Crippen LogP contribution is 2.63. The molecule has 0 aromatic heterocycles. The van der Waals surface area contributed by atoms with Crippen molar-refractivity contribution >= 4 is 5.97 Å². The first-order valence-corrected chi connectivity index (χ1v) is 9.59. The van der Waals surface area contributed by atoms with Gasteiger partial charge < -0.3 is 20.1 Å². The summed E-state index contributed by atoms with van der Waals surface area (Å²) in [5.41, 5.74) is -0.698. The summed E-state index contributed by atoms with van der Waals surface area (Å²) >= 11 is 0. The lowest BCUT2D eigenvalue weighted by molar-refractivity contribution is -0.198. The van der Waals surface area contributed by atoms with Crippen LogP contribution < -0.4 is 0 Å². The second-order valence-corrected chi connectivity index (χ2v) is 8.94. The van der Waals surface area contributed by atoms with Crippen molar-refractivity contribution in [1.82, 2.24) is 0 Å². The molecule has 1 heterocycles. The minimum atomic E-state index is -1.11. The second kappa shape index (κ2) is 6.67. The van der Waals surface area contributed by atoms with Crippen LogP contribution in [0.3, 0.4) is 0 Å². The number of aliphatic hydroxyl groups excluding tert-OH is 2. The Labute approximate surface area is 150 Å². The molecule has 5 atom stereocenters. The number of fused-ring (bicyclic) bond motifs is 1. The normalized spacial score (nSPS) is 44.2. The summed E-state index contributed by atoms with van der Waals surface area (Å²) in [5.74, 6) is -0.0294. The molecule has 0 radical (unpaired) electrons. The predicted octanol–water partition coefficient (Wildman–Crippen LogP) is 2.19. The second-order valence-electron chi connectivity index (χ2n) is 8.94. The molecule has 25 heavy (non-hydrogen) atoms. The van der Waals surface area contributed by atoms with Crippen molar-refractivity contribution in [3.05, 3.63) is 11.6 Å². The van der Waals surface area contributed by atoms with Gasteiger partial charge in [-0.15, -0.1) is 0 Å². The van der Waals surface area contributed by atoms with Gasteiger partial charge in [0.25, 0.3) is 0 Å². The van der Waals surface area contributed by atoms with Crippen LogP contribution in [-0.2, 0) is 9.53 Å². The van der Waals surface area contributed by atoms with Gasteiger partial charge in [0, 0.05) is 12.2 Å². The van der Waals surface area contributed by atoms with Crippen molar-refractivity contribution in [3.63, 3.8) is 0 Å². The van der Waals surface area contributed by atoms with Crippen LogP contribution in [0.1, 0.15) is 58.8 Å². The quantitative estimate of drug-likeness (QED) is 0.660. The molecule has 5 heteroatoms. The molecule has 0 bridgehead atoms. The van der Waals surface area contributed by atoms with Gasteiger partial charge in [0.15, 0.2) is 0 Å². The first-order chi connectivity index (χ1) is 11.8. The van der Waals surface area contributed by atoms with Crippen molar-refractivity contribution < 1.29 is 24.9 Å². The van der Waals surface area contributed by atoms with E-state index < -0.39 is 5.60 Å². The van der Waals surface area contributed by atoms with E-state index in [0.717, 1.165) is 25.7 Å². The van der Waals surface area contributed by atoms with Crippen LogP contribution in [0.15, 0.2) is 11.6 Å². The van der Waals surface area contributed by atoms with Crippen LogP contribution in [0.5, 0.6) is 0 Å². The van der Waals surface area contributed by atoms with Gasteiger partial charge in [-0.1, -0.05) is 20.3 Å². The average molecular weight is 352 g/mol. The Morgan fingerprint density at radius 2 is 1.96 bits per heavy atom. The summed E-state index contributed by atoms with van der Waals surface area (Å²) < 4.78 is 4.99. The third-order valence-corrected chi connectivity index (χ3v) is 7.55. The first kappa shape index (κ1) is 18.9. The lowest BCUT2D eigenvalue weighted by atomic mass is 9.44. The number of esters is 1. The third kappa shape index (κ3) is 3.04. The van der Waals surface area contributed by atoms with E-state index >= 15 is 0 Å². The summed E-state index contributed by atoms with van der Waals surface area (Å²) in [6.07, 6.45) is 7.44. The fourth-order valence-electron chi connectivity index (χ4n) is 6.17. The Kier molecular flexibility index (Phi) is 5.04. The molecule has 2 saturated carbocycles. The monoisotopic (exact) mass is 352 g/mol. The van der Waals surface area contributed by atoms with E-state index in [1.807, 2.05) is 6.08 Å². The maximum atomic E-state index is 11.8. The van der Waals surface area contributed by atoms with E-state index in [4.69, 9.17) is 4.74 Å². The van der Waals surface area contributed by atoms with Gasteiger partial charge in [-0.25, -0.2) is 4.79 Å². The zero-order valence-electron chi connectivity index (χ0n) is 15.5. The van der Waals surface area contributed by atoms with Gasteiger partial charge in [-0.3, -0.25) is 0 Å². The highest BCUT2D eigenvalue weighted by atomic mass is 16.5. The molecule has 0 aromatic rings. The molecule has 0 amide bonds. The molecule has 3 N–H and O–H groups in total. The molecule has 0 spiro atoms. The van der Waals surface area contributed by atoms with Crippen molar-refractivity contribution in [2.24, 2.45) is 22.7 Å². The number of hydrogen-bond donors (Lipinski definition) is 3.